The van der Waals surface area contributed by atoms with Crippen LogP contribution in [0.2, 0.25) is 0 Å². The lowest BCUT2D eigenvalue weighted by atomic mass is 10.2. The zero-order valence-corrected chi connectivity index (χ0v) is 13.5. The number of anilines is 1. The highest BCUT2D eigenvalue weighted by Crippen LogP contribution is 2.25. The van der Waals surface area contributed by atoms with Gasteiger partial charge < -0.3 is 19.4 Å². The SMILES string of the molecule is COc1ccc(C)cc1NC(=O)CN(Cc1ccco1)C(C)=O. The average molecular weight is 316 g/mol. The summed E-state index contributed by atoms with van der Waals surface area (Å²) in [4.78, 5) is 25.4. The minimum atomic E-state index is -0.296. The molecule has 0 radical (unpaired) electrons. The third kappa shape index (κ3) is 4.60. The van der Waals surface area contributed by atoms with Crippen LogP contribution in [0.25, 0.3) is 0 Å². The minimum Gasteiger partial charge on any atom is -0.495 e. The Balaban J connectivity index is 2.04. The van der Waals surface area contributed by atoms with Crippen molar-refractivity contribution in [1.82, 2.24) is 4.90 Å². The Hall–Kier alpha value is -2.76. The quantitative estimate of drug-likeness (QED) is 0.889. The first-order chi connectivity index (χ1) is 11.0. The van der Waals surface area contributed by atoms with Crippen molar-refractivity contribution in [2.24, 2.45) is 0 Å². The number of benzene rings is 1. The first-order valence-corrected chi connectivity index (χ1v) is 7.22. The van der Waals surface area contributed by atoms with E-state index in [-0.39, 0.29) is 24.9 Å². The van der Waals surface area contributed by atoms with Gasteiger partial charge in [0.25, 0.3) is 0 Å². The van der Waals surface area contributed by atoms with E-state index in [1.165, 1.54) is 18.1 Å². The first kappa shape index (κ1) is 16.6. The normalized spacial score (nSPS) is 10.2. The van der Waals surface area contributed by atoms with Gasteiger partial charge in [-0.1, -0.05) is 6.07 Å². The molecule has 0 fully saturated rings. The molecule has 0 aliphatic heterocycles. The molecule has 1 N–H and O–H groups in total. The summed E-state index contributed by atoms with van der Waals surface area (Å²) >= 11 is 0. The summed E-state index contributed by atoms with van der Waals surface area (Å²) in [5, 5.41) is 2.78. The van der Waals surface area contributed by atoms with Crippen molar-refractivity contribution in [3.63, 3.8) is 0 Å². The van der Waals surface area contributed by atoms with E-state index in [1.807, 2.05) is 19.1 Å². The van der Waals surface area contributed by atoms with Crippen molar-refractivity contribution in [1.29, 1.82) is 0 Å². The van der Waals surface area contributed by atoms with Gasteiger partial charge in [0.1, 0.15) is 18.1 Å². The largest absolute Gasteiger partial charge is 0.495 e. The van der Waals surface area contributed by atoms with Gasteiger partial charge in [-0.25, -0.2) is 0 Å². The van der Waals surface area contributed by atoms with Crippen molar-refractivity contribution >= 4 is 17.5 Å². The number of furan rings is 1. The number of hydrogen-bond donors (Lipinski definition) is 1. The number of amides is 2. The van der Waals surface area contributed by atoms with Crippen LogP contribution in [0.1, 0.15) is 18.2 Å². The van der Waals surface area contributed by atoms with E-state index in [2.05, 4.69) is 5.32 Å². The summed E-state index contributed by atoms with van der Waals surface area (Å²) in [7, 11) is 1.54. The first-order valence-electron chi connectivity index (χ1n) is 7.22. The molecule has 0 bridgehead atoms. The van der Waals surface area contributed by atoms with E-state index in [4.69, 9.17) is 9.15 Å². The lowest BCUT2D eigenvalue weighted by Gasteiger charge is -2.20. The van der Waals surface area contributed by atoms with Crippen molar-refractivity contribution in [2.45, 2.75) is 20.4 Å². The van der Waals surface area contributed by atoms with Crippen LogP contribution >= 0.6 is 0 Å². The maximum absolute atomic E-state index is 12.2. The van der Waals surface area contributed by atoms with Gasteiger partial charge in [-0.05, 0) is 36.8 Å². The highest BCUT2D eigenvalue weighted by molar-refractivity contribution is 5.95. The second-order valence-corrected chi connectivity index (χ2v) is 5.21. The predicted molar refractivity (Wildman–Crippen MR) is 86.2 cm³/mol. The Morgan fingerprint density at radius 3 is 2.70 bits per heavy atom. The van der Waals surface area contributed by atoms with E-state index < -0.39 is 0 Å². The van der Waals surface area contributed by atoms with E-state index >= 15 is 0 Å². The number of nitrogens with zero attached hydrogens (tertiary/aromatic N) is 1. The average Bonchev–Trinajstić information content (AvgIpc) is 2.99. The maximum Gasteiger partial charge on any atom is 0.244 e. The number of carbonyl (C=O) groups excluding carboxylic acids is 2. The van der Waals surface area contributed by atoms with E-state index in [0.29, 0.717) is 17.2 Å². The molecule has 122 valence electrons. The zero-order chi connectivity index (χ0) is 16.8. The molecular weight excluding hydrogens is 296 g/mol. The van der Waals surface area contributed by atoms with Crippen LogP contribution in [0.5, 0.6) is 5.75 Å². The Bertz CT molecular complexity index is 680. The fourth-order valence-electron chi connectivity index (χ4n) is 2.15. The Kier molecular flexibility index (Phi) is 5.41. The summed E-state index contributed by atoms with van der Waals surface area (Å²) in [5.41, 5.74) is 1.58. The maximum atomic E-state index is 12.2. The van der Waals surface area contributed by atoms with Crippen LogP contribution in [-0.2, 0) is 16.1 Å². The molecule has 6 nitrogen and oxygen atoms in total. The number of carbonyl (C=O) groups is 2. The number of methoxy groups -OCH3 is 1. The molecule has 1 aromatic carbocycles. The predicted octanol–water partition coefficient (Wildman–Crippen LogP) is 2.58. The van der Waals surface area contributed by atoms with Crippen LogP contribution in [-0.4, -0.2) is 30.4 Å². The molecule has 1 heterocycles. The third-order valence-corrected chi connectivity index (χ3v) is 3.34. The van der Waals surface area contributed by atoms with Crippen LogP contribution < -0.4 is 10.1 Å². The van der Waals surface area contributed by atoms with Crippen LogP contribution in [0.3, 0.4) is 0 Å². The van der Waals surface area contributed by atoms with E-state index in [0.717, 1.165) is 5.56 Å². The Labute approximate surface area is 135 Å². The van der Waals surface area contributed by atoms with Gasteiger partial charge in [-0.3, -0.25) is 9.59 Å². The van der Waals surface area contributed by atoms with Gasteiger partial charge in [-0.2, -0.15) is 0 Å². The second kappa shape index (κ2) is 7.49. The highest BCUT2D eigenvalue weighted by Gasteiger charge is 2.16. The van der Waals surface area contributed by atoms with Gasteiger partial charge in [0.2, 0.25) is 11.8 Å². The van der Waals surface area contributed by atoms with Gasteiger partial charge >= 0.3 is 0 Å². The zero-order valence-electron chi connectivity index (χ0n) is 13.5. The second-order valence-electron chi connectivity index (χ2n) is 5.21. The molecule has 0 saturated heterocycles. The summed E-state index contributed by atoms with van der Waals surface area (Å²) in [6.45, 7) is 3.53. The topological polar surface area (TPSA) is 71.8 Å². The van der Waals surface area contributed by atoms with Crippen molar-refractivity contribution in [3.05, 3.63) is 47.9 Å². The molecule has 2 aromatic rings. The minimum absolute atomic E-state index is 0.0624. The number of ether oxygens (including phenoxy) is 1. The fraction of sp³-hybridized carbons (Fsp3) is 0.294. The molecular formula is C17H20N2O4. The van der Waals surface area contributed by atoms with Crippen molar-refractivity contribution < 1.29 is 18.7 Å². The van der Waals surface area contributed by atoms with Crippen molar-refractivity contribution in [3.8, 4) is 5.75 Å². The third-order valence-electron chi connectivity index (χ3n) is 3.34. The number of nitrogens with one attached hydrogen (secondary N) is 1. The smallest absolute Gasteiger partial charge is 0.244 e. The molecule has 0 aliphatic rings. The van der Waals surface area contributed by atoms with Crippen LogP contribution in [0.15, 0.2) is 41.0 Å². The van der Waals surface area contributed by atoms with Crippen molar-refractivity contribution in [2.75, 3.05) is 19.0 Å². The number of rotatable bonds is 6. The molecule has 0 spiro atoms. The summed E-state index contributed by atoms with van der Waals surface area (Å²) in [6.07, 6.45) is 1.53. The highest BCUT2D eigenvalue weighted by atomic mass is 16.5. The lowest BCUT2D eigenvalue weighted by Crippen LogP contribution is -2.36. The number of aryl methyl sites for hydroxylation is 1. The molecule has 2 rings (SSSR count). The van der Waals surface area contributed by atoms with Crippen LogP contribution in [0.4, 0.5) is 5.69 Å². The Morgan fingerprint density at radius 2 is 2.09 bits per heavy atom. The summed E-state index contributed by atoms with van der Waals surface area (Å²) in [5.74, 6) is 0.703. The van der Waals surface area contributed by atoms with E-state index in [1.54, 1.807) is 25.3 Å². The van der Waals surface area contributed by atoms with E-state index in [9.17, 15) is 9.59 Å². The lowest BCUT2D eigenvalue weighted by molar-refractivity contribution is -0.133. The molecule has 1 aromatic heterocycles. The standard InChI is InChI=1S/C17H20N2O4/c1-12-6-7-16(22-3)15(9-12)18-17(21)11-19(13(2)20)10-14-5-4-8-23-14/h4-9H,10-11H2,1-3H3,(H,18,21). The van der Waals surface area contributed by atoms with Gasteiger partial charge in [0.05, 0.1) is 25.6 Å². The van der Waals surface area contributed by atoms with Crippen LogP contribution in [0, 0.1) is 6.92 Å². The van der Waals surface area contributed by atoms with Gasteiger partial charge in [0.15, 0.2) is 0 Å². The van der Waals surface area contributed by atoms with Gasteiger partial charge in [-0.15, -0.1) is 0 Å². The summed E-state index contributed by atoms with van der Waals surface area (Å²) in [6, 6.07) is 9.01. The monoisotopic (exact) mass is 316 g/mol. The summed E-state index contributed by atoms with van der Waals surface area (Å²) < 4.78 is 10.4. The molecule has 6 heteroatoms. The van der Waals surface area contributed by atoms with Gasteiger partial charge in [0, 0.05) is 6.92 Å². The molecule has 23 heavy (non-hydrogen) atoms. The molecule has 0 atom stereocenters. The fourth-order valence-corrected chi connectivity index (χ4v) is 2.15. The number of hydrogen-bond acceptors (Lipinski definition) is 4. The molecule has 2 amide bonds. The molecule has 0 unspecified atom stereocenters. The Morgan fingerprint density at radius 1 is 1.30 bits per heavy atom. The molecule has 0 aliphatic carbocycles. The molecule has 0 saturated carbocycles.